The van der Waals surface area contributed by atoms with Crippen LogP contribution < -0.4 is 16.0 Å². The lowest BCUT2D eigenvalue weighted by Gasteiger charge is -2.15. The molecule has 2 aromatic carbocycles. The van der Waals surface area contributed by atoms with E-state index < -0.39 is 5.56 Å². The maximum absolute atomic E-state index is 12.2. The predicted octanol–water partition coefficient (Wildman–Crippen LogP) is 4.02. The van der Waals surface area contributed by atoms with Crippen LogP contribution in [0.4, 0.5) is 5.82 Å². The highest BCUT2D eigenvalue weighted by Crippen LogP contribution is 2.37. The summed E-state index contributed by atoms with van der Waals surface area (Å²) in [6, 6.07) is 16.9. The third-order valence-electron chi connectivity index (χ3n) is 4.19. The monoisotopic (exact) mass is 434 g/mol. The zero-order valence-corrected chi connectivity index (χ0v) is 16.5. The van der Waals surface area contributed by atoms with E-state index in [2.05, 4.69) is 20.9 Å². The van der Waals surface area contributed by atoms with Gasteiger partial charge in [-0.2, -0.15) is 10.5 Å². The number of aromatic nitrogens is 1. The number of pyridine rings is 1. The normalized spacial score (nSPS) is 10.1. The number of aromatic amines is 1. The third-order valence-corrected chi connectivity index (χ3v) is 4.69. The number of aryl methyl sites for hydroxylation is 1. The number of hydrogen-bond donors (Lipinski definition) is 2. The molecule has 0 unspecified atom stereocenters. The van der Waals surface area contributed by atoms with Gasteiger partial charge in [0.05, 0.1) is 0 Å². The number of benzene rings is 2. The Morgan fingerprint density at radius 3 is 2.43 bits per heavy atom. The van der Waals surface area contributed by atoms with E-state index in [1.807, 2.05) is 43.3 Å². The Morgan fingerprint density at radius 2 is 1.79 bits per heavy atom. The van der Waals surface area contributed by atoms with Crippen molar-refractivity contribution in [2.75, 3.05) is 5.73 Å². The number of nitrogens with two attached hydrogens (primary N) is 1. The van der Waals surface area contributed by atoms with Gasteiger partial charge in [-0.25, -0.2) is 0 Å². The fourth-order valence-corrected chi connectivity index (χ4v) is 3.14. The van der Waals surface area contributed by atoms with E-state index in [9.17, 15) is 15.3 Å². The summed E-state index contributed by atoms with van der Waals surface area (Å²) in [4.78, 5) is 14.6. The molecule has 138 valence electrons. The molecule has 0 fully saturated rings. The largest absolute Gasteiger partial charge is 0.488 e. The van der Waals surface area contributed by atoms with Crippen LogP contribution in [0.5, 0.6) is 5.75 Å². The van der Waals surface area contributed by atoms with E-state index in [-0.39, 0.29) is 29.1 Å². The topological polar surface area (TPSA) is 116 Å². The highest BCUT2D eigenvalue weighted by atomic mass is 79.9. The molecule has 3 aromatic rings. The minimum absolute atomic E-state index is 0.0226. The Labute approximate surface area is 169 Å². The van der Waals surface area contributed by atoms with Crippen molar-refractivity contribution in [1.29, 1.82) is 10.5 Å². The van der Waals surface area contributed by atoms with E-state index in [0.717, 1.165) is 11.1 Å². The molecular formula is C21H15BrN4O2. The molecule has 3 N–H and O–H groups in total. The van der Waals surface area contributed by atoms with Gasteiger partial charge in [-0.3, -0.25) is 4.79 Å². The Hall–Kier alpha value is -3.55. The molecule has 28 heavy (non-hydrogen) atoms. The van der Waals surface area contributed by atoms with Gasteiger partial charge < -0.3 is 15.5 Å². The van der Waals surface area contributed by atoms with E-state index in [1.54, 1.807) is 18.2 Å². The fraction of sp³-hybridized carbons (Fsp3) is 0.0952. The Balaban J connectivity index is 2.15. The second-order valence-electron chi connectivity index (χ2n) is 6.13. The summed E-state index contributed by atoms with van der Waals surface area (Å²) >= 11 is 3.39. The van der Waals surface area contributed by atoms with Crippen LogP contribution in [0.1, 0.15) is 22.3 Å². The zero-order chi connectivity index (χ0) is 20.3. The van der Waals surface area contributed by atoms with Gasteiger partial charge in [-0.15, -0.1) is 0 Å². The van der Waals surface area contributed by atoms with E-state index >= 15 is 0 Å². The molecule has 0 saturated heterocycles. The average molecular weight is 435 g/mol. The summed E-state index contributed by atoms with van der Waals surface area (Å²) in [5, 5.41) is 19.0. The van der Waals surface area contributed by atoms with Gasteiger partial charge in [0.15, 0.2) is 0 Å². The van der Waals surface area contributed by atoms with Gasteiger partial charge in [0.2, 0.25) is 0 Å². The lowest BCUT2D eigenvalue weighted by atomic mass is 9.96. The summed E-state index contributed by atoms with van der Waals surface area (Å²) in [5.41, 5.74) is 7.70. The Kier molecular flexibility index (Phi) is 5.49. The quantitative estimate of drug-likeness (QED) is 0.642. The van der Waals surface area contributed by atoms with Crippen molar-refractivity contribution in [2.24, 2.45) is 0 Å². The first kappa shape index (κ1) is 19.2. The number of rotatable bonds is 4. The van der Waals surface area contributed by atoms with Gasteiger partial charge in [-0.05, 0) is 30.7 Å². The fourth-order valence-electron chi connectivity index (χ4n) is 2.78. The molecule has 3 rings (SSSR count). The number of nitriles is 2. The van der Waals surface area contributed by atoms with Crippen LogP contribution in [0.15, 0.2) is 51.7 Å². The van der Waals surface area contributed by atoms with E-state index in [4.69, 9.17) is 10.5 Å². The van der Waals surface area contributed by atoms with Crippen molar-refractivity contribution in [3.8, 4) is 29.0 Å². The molecular weight excluding hydrogens is 420 g/mol. The molecule has 6 nitrogen and oxygen atoms in total. The smallest absolute Gasteiger partial charge is 0.268 e. The maximum Gasteiger partial charge on any atom is 0.268 e. The van der Waals surface area contributed by atoms with Crippen LogP contribution in [-0.4, -0.2) is 4.98 Å². The molecule has 0 bridgehead atoms. The molecule has 0 amide bonds. The van der Waals surface area contributed by atoms with E-state index in [1.165, 1.54) is 0 Å². The second kappa shape index (κ2) is 7.99. The molecule has 0 radical (unpaired) electrons. The number of H-pyrrole nitrogens is 1. The number of anilines is 1. The lowest BCUT2D eigenvalue weighted by Crippen LogP contribution is -2.16. The molecule has 0 saturated carbocycles. The lowest BCUT2D eigenvalue weighted by molar-refractivity contribution is 0.307. The van der Waals surface area contributed by atoms with Crippen LogP contribution >= 0.6 is 15.9 Å². The van der Waals surface area contributed by atoms with Crippen molar-refractivity contribution in [3.63, 3.8) is 0 Å². The first-order valence-electron chi connectivity index (χ1n) is 8.28. The van der Waals surface area contributed by atoms with Gasteiger partial charge in [-0.1, -0.05) is 45.8 Å². The molecule has 0 aliphatic heterocycles. The highest BCUT2D eigenvalue weighted by Gasteiger charge is 2.21. The van der Waals surface area contributed by atoms with Crippen LogP contribution in [0.2, 0.25) is 0 Å². The van der Waals surface area contributed by atoms with Crippen molar-refractivity contribution in [1.82, 2.24) is 4.98 Å². The molecule has 0 aliphatic carbocycles. The number of nitrogens with zero attached hydrogens (tertiary/aromatic N) is 2. The molecule has 0 spiro atoms. The maximum atomic E-state index is 12.2. The summed E-state index contributed by atoms with van der Waals surface area (Å²) in [6.07, 6.45) is 0. The first-order valence-corrected chi connectivity index (χ1v) is 9.08. The standard InChI is InChI=1S/C21H15BrN4O2/c1-12-2-4-13(5-3-12)11-28-18-7-6-14(22)8-15(18)19-16(9-23)20(25)26-21(27)17(19)10-24/h2-8H,11H2,1H3,(H3,25,26,27). The molecule has 0 atom stereocenters. The first-order chi connectivity index (χ1) is 13.4. The van der Waals surface area contributed by atoms with Gasteiger partial charge in [0, 0.05) is 15.6 Å². The highest BCUT2D eigenvalue weighted by molar-refractivity contribution is 9.10. The van der Waals surface area contributed by atoms with Crippen molar-refractivity contribution < 1.29 is 4.74 Å². The van der Waals surface area contributed by atoms with Crippen LogP contribution in [0.3, 0.4) is 0 Å². The molecule has 1 aromatic heterocycles. The number of hydrogen-bond acceptors (Lipinski definition) is 5. The number of halogens is 1. The molecule has 0 aliphatic rings. The summed E-state index contributed by atoms with van der Waals surface area (Å²) < 4.78 is 6.66. The van der Waals surface area contributed by atoms with Crippen LogP contribution in [0, 0.1) is 29.6 Å². The zero-order valence-electron chi connectivity index (χ0n) is 14.9. The Bertz CT molecular complexity index is 1190. The number of nitrogen functional groups attached to an aromatic ring is 1. The summed E-state index contributed by atoms with van der Waals surface area (Å²) in [6.45, 7) is 2.29. The van der Waals surface area contributed by atoms with Crippen molar-refractivity contribution >= 4 is 21.7 Å². The third kappa shape index (κ3) is 3.75. The second-order valence-corrected chi connectivity index (χ2v) is 7.05. The van der Waals surface area contributed by atoms with E-state index in [0.29, 0.717) is 15.8 Å². The molecule has 1 heterocycles. The predicted molar refractivity (Wildman–Crippen MR) is 110 cm³/mol. The van der Waals surface area contributed by atoms with Gasteiger partial charge in [0.1, 0.15) is 41.4 Å². The summed E-state index contributed by atoms with van der Waals surface area (Å²) in [5.74, 6) is 0.340. The SMILES string of the molecule is Cc1ccc(COc2ccc(Br)cc2-c2c(C#N)c(N)[nH]c(=O)c2C#N)cc1. The van der Waals surface area contributed by atoms with Crippen LogP contribution in [-0.2, 0) is 6.61 Å². The number of nitrogens with one attached hydrogen (secondary N) is 1. The Morgan fingerprint density at radius 1 is 1.11 bits per heavy atom. The minimum atomic E-state index is -0.654. The average Bonchev–Trinajstić information content (AvgIpc) is 2.67. The minimum Gasteiger partial charge on any atom is -0.488 e. The van der Waals surface area contributed by atoms with Gasteiger partial charge >= 0.3 is 0 Å². The molecule has 7 heteroatoms. The summed E-state index contributed by atoms with van der Waals surface area (Å²) in [7, 11) is 0. The van der Waals surface area contributed by atoms with Crippen molar-refractivity contribution in [2.45, 2.75) is 13.5 Å². The van der Waals surface area contributed by atoms with Crippen LogP contribution in [0.25, 0.3) is 11.1 Å². The van der Waals surface area contributed by atoms with Gasteiger partial charge in [0.25, 0.3) is 5.56 Å². The number of ether oxygens (including phenoxy) is 1. The van der Waals surface area contributed by atoms with Crippen molar-refractivity contribution in [3.05, 3.63) is 79.5 Å².